The number of thiol groups is 1. The number of hydrogen-bond acceptors (Lipinski definition) is 3. The maximum absolute atomic E-state index is 11.4. The zero-order chi connectivity index (χ0) is 9.84. The highest BCUT2D eigenvalue weighted by molar-refractivity contribution is 7.80. The molecular formula is C9H17NO2S. The lowest BCUT2D eigenvalue weighted by Gasteiger charge is -2.34. The molecule has 1 amide bonds. The van der Waals surface area contributed by atoms with Crippen molar-refractivity contribution in [2.75, 3.05) is 18.8 Å². The molecule has 0 spiro atoms. The van der Waals surface area contributed by atoms with Crippen LogP contribution in [-0.2, 0) is 4.79 Å². The standard InChI is InChI=1S/C9H17NO2S/c1-7-2-4-10(6-8(7)11)9(12)3-5-13/h7-8,11,13H,2-6H2,1H3. The number of amides is 1. The number of β-amino-alcohol motifs (C(OH)–C–C–N with tert-alkyl or cyclic N) is 1. The largest absolute Gasteiger partial charge is 0.391 e. The Balaban J connectivity index is 2.40. The number of aliphatic hydroxyl groups is 1. The van der Waals surface area contributed by atoms with Gasteiger partial charge in [-0.2, -0.15) is 12.6 Å². The highest BCUT2D eigenvalue weighted by Gasteiger charge is 2.26. The van der Waals surface area contributed by atoms with E-state index in [0.717, 1.165) is 13.0 Å². The Morgan fingerprint density at radius 2 is 2.38 bits per heavy atom. The van der Waals surface area contributed by atoms with Crippen molar-refractivity contribution in [3.63, 3.8) is 0 Å². The number of carbonyl (C=O) groups is 1. The van der Waals surface area contributed by atoms with Crippen molar-refractivity contribution in [3.8, 4) is 0 Å². The maximum Gasteiger partial charge on any atom is 0.223 e. The van der Waals surface area contributed by atoms with Gasteiger partial charge in [0.05, 0.1) is 6.10 Å². The first kappa shape index (κ1) is 10.9. The van der Waals surface area contributed by atoms with Crippen LogP contribution in [-0.4, -0.2) is 40.9 Å². The highest BCUT2D eigenvalue weighted by atomic mass is 32.1. The number of rotatable bonds is 2. The third-order valence-electron chi connectivity index (χ3n) is 2.60. The monoisotopic (exact) mass is 203 g/mol. The summed E-state index contributed by atoms with van der Waals surface area (Å²) >= 11 is 4.01. The van der Waals surface area contributed by atoms with Gasteiger partial charge in [0.25, 0.3) is 0 Å². The summed E-state index contributed by atoms with van der Waals surface area (Å²) in [5, 5.41) is 9.55. The quantitative estimate of drug-likeness (QED) is 0.643. The van der Waals surface area contributed by atoms with Crippen molar-refractivity contribution >= 4 is 18.5 Å². The summed E-state index contributed by atoms with van der Waals surface area (Å²) in [7, 11) is 0. The fraction of sp³-hybridized carbons (Fsp3) is 0.889. The molecule has 2 atom stereocenters. The summed E-state index contributed by atoms with van der Waals surface area (Å²) in [6.45, 7) is 3.30. The van der Waals surface area contributed by atoms with Gasteiger partial charge in [-0.3, -0.25) is 4.79 Å². The van der Waals surface area contributed by atoms with E-state index in [1.807, 2.05) is 6.92 Å². The van der Waals surface area contributed by atoms with Gasteiger partial charge >= 0.3 is 0 Å². The number of nitrogens with zero attached hydrogens (tertiary/aromatic N) is 1. The number of aliphatic hydroxyl groups excluding tert-OH is 1. The van der Waals surface area contributed by atoms with Gasteiger partial charge in [-0.05, 0) is 18.1 Å². The molecule has 1 aliphatic rings. The first-order chi connectivity index (χ1) is 6.15. The van der Waals surface area contributed by atoms with Gasteiger partial charge in [0.15, 0.2) is 0 Å². The summed E-state index contributed by atoms with van der Waals surface area (Å²) < 4.78 is 0. The summed E-state index contributed by atoms with van der Waals surface area (Å²) in [5.41, 5.74) is 0. The average molecular weight is 203 g/mol. The van der Waals surface area contributed by atoms with Crippen molar-refractivity contribution in [2.45, 2.75) is 25.9 Å². The van der Waals surface area contributed by atoms with E-state index in [0.29, 0.717) is 24.6 Å². The van der Waals surface area contributed by atoms with Gasteiger partial charge in [0.1, 0.15) is 0 Å². The lowest BCUT2D eigenvalue weighted by Crippen LogP contribution is -2.45. The van der Waals surface area contributed by atoms with Gasteiger partial charge in [0, 0.05) is 19.5 Å². The van der Waals surface area contributed by atoms with E-state index in [-0.39, 0.29) is 12.0 Å². The van der Waals surface area contributed by atoms with Crippen molar-refractivity contribution in [2.24, 2.45) is 5.92 Å². The molecular weight excluding hydrogens is 186 g/mol. The Labute approximate surface area is 84.5 Å². The van der Waals surface area contributed by atoms with Gasteiger partial charge < -0.3 is 10.0 Å². The Hall–Kier alpha value is -0.220. The van der Waals surface area contributed by atoms with Crippen LogP contribution in [0.5, 0.6) is 0 Å². The number of carbonyl (C=O) groups excluding carboxylic acids is 1. The van der Waals surface area contributed by atoms with Crippen molar-refractivity contribution in [1.82, 2.24) is 4.90 Å². The molecule has 0 radical (unpaired) electrons. The normalized spacial score (nSPS) is 29.0. The second-order valence-electron chi connectivity index (χ2n) is 3.65. The van der Waals surface area contributed by atoms with E-state index in [4.69, 9.17) is 0 Å². The zero-order valence-corrected chi connectivity index (χ0v) is 8.83. The molecule has 0 saturated carbocycles. The molecule has 0 aromatic rings. The molecule has 76 valence electrons. The number of hydrogen-bond donors (Lipinski definition) is 2. The lowest BCUT2D eigenvalue weighted by molar-refractivity contribution is -0.134. The first-order valence-corrected chi connectivity index (χ1v) is 5.35. The minimum absolute atomic E-state index is 0.112. The highest BCUT2D eigenvalue weighted by Crippen LogP contribution is 2.17. The molecule has 0 aliphatic carbocycles. The summed E-state index contributed by atoms with van der Waals surface area (Å²) in [6, 6.07) is 0. The predicted octanol–water partition coefficient (Wildman–Crippen LogP) is 0.536. The van der Waals surface area contributed by atoms with Gasteiger partial charge in [-0.25, -0.2) is 0 Å². The van der Waals surface area contributed by atoms with Crippen LogP contribution in [0, 0.1) is 5.92 Å². The fourth-order valence-corrected chi connectivity index (χ4v) is 1.72. The Bertz CT molecular complexity index is 186. The fourth-order valence-electron chi connectivity index (χ4n) is 1.53. The van der Waals surface area contributed by atoms with Gasteiger partial charge in [0.2, 0.25) is 5.91 Å². The van der Waals surface area contributed by atoms with Crippen LogP contribution in [0.2, 0.25) is 0 Å². The summed E-state index contributed by atoms with van der Waals surface area (Å²) in [4.78, 5) is 13.2. The Morgan fingerprint density at radius 3 is 2.92 bits per heavy atom. The van der Waals surface area contributed by atoms with E-state index in [9.17, 15) is 9.90 Å². The molecule has 1 heterocycles. The lowest BCUT2D eigenvalue weighted by atomic mass is 9.96. The predicted molar refractivity (Wildman–Crippen MR) is 54.8 cm³/mol. The van der Waals surface area contributed by atoms with E-state index in [1.54, 1.807) is 4.90 Å². The number of likely N-dealkylation sites (tertiary alicyclic amines) is 1. The molecule has 0 aromatic carbocycles. The first-order valence-electron chi connectivity index (χ1n) is 4.72. The van der Waals surface area contributed by atoms with Crippen LogP contribution in [0.25, 0.3) is 0 Å². The minimum Gasteiger partial charge on any atom is -0.391 e. The van der Waals surface area contributed by atoms with Crippen molar-refractivity contribution < 1.29 is 9.90 Å². The topological polar surface area (TPSA) is 40.5 Å². The van der Waals surface area contributed by atoms with Crippen LogP contribution in [0.3, 0.4) is 0 Å². The van der Waals surface area contributed by atoms with Crippen LogP contribution in [0.15, 0.2) is 0 Å². The SMILES string of the molecule is CC1CCN(C(=O)CCS)CC1O. The van der Waals surface area contributed by atoms with Crippen LogP contribution >= 0.6 is 12.6 Å². The maximum atomic E-state index is 11.4. The molecule has 4 heteroatoms. The third kappa shape index (κ3) is 2.88. The van der Waals surface area contributed by atoms with Crippen LogP contribution in [0.1, 0.15) is 19.8 Å². The molecule has 1 N–H and O–H groups in total. The Kier molecular flexibility index (Phi) is 4.06. The molecule has 0 aromatic heterocycles. The smallest absolute Gasteiger partial charge is 0.223 e. The molecule has 1 aliphatic heterocycles. The number of piperidine rings is 1. The van der Waals surface area contributed by atoms with Crippen molar-refractivity contribution in [3.05, 3.63) is 0 Å². The van der Waals surface area contributed by atoms with Crippen LogP contribution < -0.4 is 0 Å². The van der Waals surface area contributed by atoms with Gasteiger partial charge in [-0.1, -0.05) is 6.92 Å². The molecule has 1 saturated heterocycles. The van der Waals surface area contributed by atoms with E-state index in [2.05, 4.69) is 12.6 Å². The third-order valence-corrected chi connectivity index (χ3v) is 2.82. The summed E-state index contributed by atoms with van der Waals surface area (Å²) in [5.74, 6) is 1.02. The molecule has 0 bridgehead atoms. The zero-order valence-electron chi connectivity index (χ0n) is 7.94. The molecule has 1 rings (SSSR count). The van der Waals surface area contributed by atoms with Gasteiger partial charge in [-0.15, -0.1) is 0 Å². The minimum atomic E-state index is -0.349. The average Bonchev–Trinajstić information content (AvgIpc) is 2.10. The molecule has 1 fully saturated rings. The van der Waals surface area contributed by atoms with Crippen LogP contribution in [0.4, 0.5) is 0 Å². The second-order valence-corrected chi connectivity index (χ2v) is 4.09. The Morgan fingerprint density at radius 1 is 1.69 bits per heavy atom. The molecule has 3 nitrogen and oxygen atoms in total. The molecule has 2 unspecified atom stereocenters. The van der Waals surface area contributed by atoms with E-state index in [1.165, 1.54) is 0 Å². The summed E-state index contributed by atoms with van der Waals surface area (Å²) in [6.07, 6.45) is 1.03. The second kappa shape index (κ2) is 4.86. The van der Waals surface area contributed by atoms with E-state index >= 15 is 0 Å². The van der Waals surface area contributed by atoms with Crippen molar-refractivity contribution in [1.29, 1.82) is 0 Å². The molecule has 13 heavy (non-hydrogen) atoms. The van der Waals surface area contributed by atoms with E-state index < -0.39 is 0 Å².